The van der Waals surface area contributed by atoms with Crippen molar-refractivity contribution >= 4 is 44.8 Å². The maximum Gasteiger partial charge on any atom is 0.227 e. The number of anilines is 1. The van der Waals surface area contributed by atoms with Crippen LogP contribution in [0.3, 0.4) is 0 Å². The first-order valence-electron chi connectivity index (χ1n) is 12.6. The average molecular weight is 559 g/mol. The minimum absolute atomic E-state index is 0.00256. The Bertz CT molecular complexity index is 1540. The van der Waals surface area contributed by atoms with Crippen molar-refractivity contribution in [2.75, 3.05) is 16.4 Å². The zero-order valence-electron chi connectivity index (χ0n) is 21.0. The molecule has 4 aromatic rings. The van der Waals surface area contributed by atoms with Crippen LogP contribution >= 0.6 is 22.2 Å². The van der Waals surface area contributed by atoms with Gasteiger partial charge in [-0.2, -0.15) is 10.6 Å². The quantitative estimate of drug-likeness (QED) is 0.278. The highest BCUT2D eigenvalue weighted by molar-refractivity contribution is 8.24. The summed E-state index contributed by atoms with van der Waals surface area (Å²) >= 11 is 5.91. The number of rotatable bonds is 4. The summed E-state index contributed by atoms with van der Waals surface area (Å²) in [4.78, 5) is 19.8. The highest BCUT2D eigenvalue weighted by atomic mass is 35.5. The number of aryl methyl sites for hydroxylation is 2. The Kier molecular flexibility index (Phi) is 6.26. The lowest BCUT2D eigenvalue weighted by Gasteiger charge is -2.40. The van der Waals surface area contributed by atoms with E-state index < -0.39 is 22.4 Å². The third-order valence-corrected chi connectivity index (χ3v) is 9.74. The molecule has 2 aromatic carbocycles. The summed E-state index contributed by atoms with van der Waals surface area (Å²) in [6, 6.07) is 10.0. The van der Waals surface area contributed by atoms with Gasteiger partial charge >= 0.3 is 0 Å². The fourth-order valence-corrected chi connectivity index (χ4v) is 7.45. The molecular weight excluding hydrogens is 531 g/mol. The monoisotopic (exact) mass is 558 g/mol. The predicted molar refractivity (Wildman–Crippen MR) is 146 cm³/mol. The van der Waals surface area contributed by atoms with Gasteiger partial charge in [0.05, 0.1) is 27.8 Å². The number of carbonyl (C=O) groups excluding carboxylic acids is 1. The number of aromatic nitrogens is 3. The van der Waals surface area contributed by atoms with Crippen LogP contribution in [0.1, 0.15) is 55.0 Å². The van der Waals surface area contributed by atoms with Crippen molar-refractivity contribution in [3.05, 3.63) is 64.5 Å². The van der Waals surface area contributed by atoms with Gasteiger partial charge in [0.2, 0.25) is 5.91 Å². The summed E-state index contributed by atoms with van der Waals surface area (Å²) in [5.74, 6) is 1.38. The van der Waals surface area contributed by atoms with E-state index in [-0.39, 0.29) is 17.0 Å². The number of amides is 1. The van der Waals surface area contributed by atoms with Crippen LogP contribution in [0.15, 0.2) is 40.9 Å². The normalized spacial score (nSPS) is 20.9. The smallest absolute Gasteiger partial charge is 0.227 e. The maximum absolute atomic E-state index is 14.4. The standard InChI is InChI=1S/C27H28ClFN4O4S/c1-15-26(16(2)37-31-15)17-3-6-23-22(13-17)30-27(33(23)18-9-11-38(35,36)12-10-18)24-7-8-25(34)32(24)19-4-5-20(28)21(29)14-19/h3-6,13-14,18,24,35-36H,7-12H2,1-2H3/t24-/m0/s1. The lowest BCUT2D eigenvalue weighted by atomic mass is 10.0. The van der Waals surface area contributed by atoms with Gasteiger partial charge in [0, 0.05) is 35.2 Å². The van der Waals surface area contributed by atoms with E-state index in [1.807, 2.05) is 32.0 Å². The Hall–Kier alpha value is -2.92. The zero-order chi connectivity index (χ0) is 26.8. The molecular formula is C27H28ClFN4O4S. The van der Waals surface area contributed by atoms with E-state index in [2.05, 4.69) is 9.72 Å². The molecule has 6 rings (SSSR count). The van der Waals surface area contributed by atoms with Gasteiger partial charge < -0.3 is 14.0 Å². The number of halogens is 2. The molecule has 4 heterocycles. The van der Waals surface area contributed by atoms with Crippen molar-refractivity contribution in [1.82, 2.24) is 14.7 Å². The van der Waals surface area contributed by atoms with Gasteiger partial charge in [-0.1, -0.05) is 22.8 Å². The number of hydrogen-bond donors (Lipinski definition) is 2. The number of hydrogen-bond acceptors (Lipinski definition) is 6. The second kappa shape index (κ2) is 9.37. The molecule has 8 nitrogen and oxygen atoms in total. The van der Waals surface area contributed by atoms with Crippen LogP contribution < -0.4 is 4.90 Å². The highest BCUT2D eigenvalue weighted by Gasteiger charge is 2.39. The first-order valence-corrected chi connectivity index (χ1v) is 14.8. The molecule has 2 N–H and O–H groups in total. The van der Waals surface area contributed by atoms with Crippen LogP contribution in [0.4, 0.5) is 10.1 Å². The lowest BCUT2D eigenvalue weighted by molar-refractivity contribution is -0.117. The Morgan fingerprint density at radius 2 is 1.87 bits per heavy atom. The zero-order valence-corrected chi connectivity index (χ0v) is 22.6. The van der Waals surface area contributed by atoms with E-state index in [1.165, 1.54) is 12.1 Å². The van der Waals surface area contributed by atoms with Gasteiger partial charge in [0.1, 0.15) is 17.4 Å². The molecule has 2 saturated heterocycles. The maximum atomic E-state index is 14.4. The Balaban J connectivity index is 1.50. The van der Waals surface area contributed by atoms with Crippen molar-refractivity contribution < 1.29 is 22.8 Å². The molecule has 1 atom stereocenters. The molecule has 0 spiro atoms. The molecule has 0 bridgehead atoms. The minimum Gasteiger partial charge on any atom is -0.361 e. The Morgan fingerprint density at radius 1 is 1.11 bits per heavy atom. The summed E-state index contributed by atoms with van der Waals surface area (Å²) in [7, 11) is -2.58. The lowest BCUT2D eigenvalue weighted by Crippen LogP contribution is -2.31. The van der Waals surface area contributed by atoms with Gasteiger partial charge in [-0.05, 0) is 69.0 Å². The third-order valence-electron chi connectivity index (χ3n) is 7.65. The molecule has 2 fully saturated rings. The molecule has 2 aliphatic rings. The summed E-state index contributed by atoms with van der Waals surface area (Å²) in [6.07, 6.45) is 2.02. The molecule has 1 amide bonds. The van der Waals surface area contributed by atoms with E-state index in [9.17, 15) is 18.3 Å². The van der Waals surface area contributed by atoms with E-state index in [0.717, 1.165) is 33.6 Å². The first-order chi connectivity index (χ1) is 18.1. The molecule has 38 heavy (non-hydrogen) atoms. The average Bonchev–Trinajstić information content (AvgIpc) is 3.55. The molecule has 0 aliphatic carbocycles. The topological polar surface area (TPSA) is 105 Å². The molecule has 0 unspecified atom stereocenters. The number of benzene rings is 2. The van der Waals surface area contributed by atoms with Crippen LogP contribution in [-0.2, 0) is 4.79 Å². The summed E-state index contributed by atoms with van der Waals surface area (Å²) < 4.78 is 42.4. The third kappa shape index (κ3) is 4.29. The van der Waals surface area contributed by atoms with Crippen molar-refractivity contribution in [1.29, 1.82) is 0 Å². The number of carbonyl (C=O) groups is 1. The predicted octanol–water partition coefficient (Wildman–Crippen LogP) is 7.05. The van der Waals surface area contributed by atoms with Gasteiger partial charge in [-0.25, -0.2) is 9.37 Å². The van der Waals surface area contributed by atoms with E-state index in [1.54, 1.807) is 11.0 Å². The van der Waals surface area contributed by atoms with Crippen LogP contribution in [-0.4, -0.2) is 41.2 Å². The molecule has 11 heteroatoms. The molecule has 0 radical (unpaired) electrons. The van der Waals surface area contributed by atoms with E-state index in [4.69, 9.17) is 21.1 Å². The van der Waals surface area contributed by atoms with Crippen LogP contribution in [0.2, 0.25) is 5.02 Å². The van der Waals surface area contributed by atoms with Gasteiger partial charge in [-0.15, -0.1) is 0 Å². The van der Waals surface area contributed by atoms with Crippen molar-refractivity contribution in [3.8, 4) is 11.1 Å². The van der Waals surface area contributed by atoms with Crippen LogP contribution in [0.5, 0.6) is 0 Å². The van der Waals surface area contributed by atoms with Crippen molar-refractivity contribution in [2.24, 2.45) is 0 Å². The number of nitrogens with zero attached hydrogens (tertiary/aromatic N) is 4. The Morgan fingerprint density at radius 3 is 2.55 bits per heavy atom. The number of fused-ring (bicyclic) bond motifs is 1. The van der Waals surface area contributed by atoms with Crippen LogP contribution in [0, 0.1) is 19.7 Å². The van der Waals surface area contributed by atoms with Crippen LogP contribution in [0.25, 0.3) is 22.2 Å². The second-order valence-corrected chi connectivity index (χ2v) is 12.9. The molecule has 0 saturated carbocycles. The highest BCUT2D eigenvalue weighted by Crippen LogP contribution is 2.49. The minimum atomic E-state index is -2.58. The summed E-state index contributed by atoms with van der Waals surface area (Å²) in [6.45, 7) is 3.77. The molecule has 2 aliphatic heterocycles. The fraction of sp³-hybridized carbons (Fsp3) is 0.370. The SMILES string of the molecule is Cc1noc(C)c1-c1ccc2c(c1)nc([C@@H]1CCC(=O)N1c1ccc(Cl)c(F)c1)n2C1CCS(O)(O)CC1. The largest absolute Gasteiger partial charge is 0.361 e. The molecule has 200 valence electrons. The van der Waals surface area contributed by atoms with Gasteiger partial charge in [0.15, 0.2) is 0 Å². The van der Waals surface area contributed by atoms with Gasteiger partial charge in [0.25, 0.3) is 0 Å². The van der Waals surface area contributed by atoms with E-state index in [0.29, 0.717) is 48.7 Å². The van der Waals surface area contributed by atoms with Crippen molar-refractivity contribution in [2.45, 2.75) is 51.6 Å². The van der Waals surface area contributed by atoms with E-state index >= 15 is 0 Å². The second-order valence-electron chi connectivity index (χ2n) is 10.1. The summed E-state index contributed by atoms with van der Waals surface area (Å²) in [5, 5.41) is 4.08. The number of imidazole rings is 1. The first kappa shape index (κ1) is 25.4. The van der Waals surface area contributed by atoms with Gasteiger partial charge in [-0.3, -0.25) is 13.9 Å². The fourth-order valence-electron chi connectivity index (χ4n) is 5.83. The molecule has 2 aromatic heterocycles. The summed E-state index contributed by atoms with van der Waals surface area (Å²) in [5.41, 5.74) is 4.74. The van der Waals surface area contributed by atoms with Crippen molar-refractivity contribution in [3.63, 3.8) is 0 Å². The Labute approximate surface area is 225 Å².